The summed E-state index contributed by atoms with van der Waals surface area (Å²) in [5, 5.41) is 2.10. The smallest absolute Gasteiger partial charge is 0.0602 e. The Kier molecular flexibility index (Phi) is 3.00. The van der Waals surface area contributed by atoms with E-state index < -0.39 is 0 Å². The molecule has 0 fully saturated rings. The number of pyridine rings is 1. The Bertz CT molecular complexity index is 342. The first-order chi connectivity index (χ1) is 6.45. The van der Waals surface area contributed by atoms with E-state index in [-0.39, 0.29) is 0 Å². The lowest BCUT2D eigenvalue weighted by Gasteiger charge is -1.96. The van der Waals surface area contributed by atoms with Crippen LogP contribution in [0.25, 0.3) is 0 Å². The van der Waals surface area contributed by atoms with Crippen LogP contribution >= 0.6 is 23.1 Å². The third-order valence-electron chi connectivity index (χ3n) is 1.58. The Morgan fingerprint density at radius 2 is 2.23 bits per heavy atom. The van der Waals surface area contributed by atoms with E-state index in [1.54, 1.807) is 11.3 Å². The summed E-state index contributed by atoms with van der Waals surface area (Å²) in [5.74, 6) is 0.960. The topological polar surface area (TPSA) is 12.9 Å². The SMILES string of the molecule is c1ccc(CSc2cccs2)nc1. The standard InChI is InChI=1S/C10H9NS2/c1-2-6-11-9(4-1)8-13-10-5-3-7-12-10/h1-7H,8H2. The van der Waals surface area contributed by atoms with Gasteiger partial charge in [-0.05, 0) is 23.6 Å². The van der Waals surface area contributed by atoms with Gasteiger partial charge in [-0.25, -0.2) is 0 Å². The Labute approximate surface area is 85.8 Å². The fourth-order valence-corrected chi connectivity index (χ4v) is 2.67. The highest BCUT2D eigenvalue weighted by atomic mass is 32.2. The molecule has 0 aromatic carbocycles. The largest absolute Gasteiger partial charge is 0.260 e. The van der Waals surface area contributed by atoms with Gasteiger partial charge in [-0.1, -0.05) is 12.1 Å². The summed E-state index contributed by atoms with van der Waals surface area (Å²) in [5.41, 5.74) is 1.14. The van der Waals surface area contributed by atoms with Crippen LogP contribution in [0.2, 0.25) is 0 Å². The molecule has 0 N–H and O–H groups in total. The molecule has 0 aliphatic rings. The number of rotatable bonds is 3. The highest BCUT2D eigenvalue weighted by Crippen LogP contribution is 2.25. The van der Waals surface area contributed by atoms with Gasteiger partial charge in [0.05, 0.1) is 9.90 Å². The monoisotopic (exact) mass is 207 g/mol. The van der Waals surface area contributed by atoms with E-state index in [2.05, 4.69) is 28.6 Å². The molecule has 2 heterocycles. The molecule has 2 aromatic heterocycles. The molecular formula is C10H9NS2. The van der Waals surface area contributed by atoms with Crippen molar-refractivity contribution in [2.45, 2.75) is 9.96 Å². The number of thiophene rings is 1. The Morgan fingerprint density at radius 3 is 2.92 bits per heavy atom. The summed E-state index contributed by atoms with van der Waals surface area (Å²) < 4.78 is 1.35. The second kappa shape index (κ2) is 4.44. The number of nitrogens with zero attached hydrogens (tertiary/aromatic N) is 1. The third kappa shape index (κ3) is 2.57. The lowest BCUT2D eigenvalue weighted by atomic mass is 10.4. The van der Waals surface area contributed by atoms with E-state index in [1.807, 2.05) is 30.1 Å². The highest BCUT2D eigenvalue weighted by molar-refractivity contribution is 8.00. The number of aromatic nitrogens is 1. The van der Waals surface area contributed by atoms with Crippen LogP contribution in [-0.4, -0.2) is 4.98 Å². The van der Waals surface area contributed by atoms with Gasteiger partial charge in [-0.15, -0.1) is 23.1 Å². The van der Waals surface area contributed by atoms with Gasteiger partial charge in [-0.3, -0.25) is 4.98 Å². The molecule has 13 heavy (non-hydrogen) atoms. The third-order valence-corrected chi connectivity index (χ3v) is 3.75. The zero-order chi connectivity index (χ0) is 8.93. The molecule has 0 radical (unpaired) electrons. The van der Waals surface area contributed by atoms with Crippen LogP contribution in [0.15, 0.2) is 46.1 Å². The van der Waals surface area contributed by atoms with Crippen LogP contribution in [0.4, 0.5) is 0 Å². The van der Waals surface area contributed by atoms with Crippen LogP contribution in [0.5, 0.6) is 0 Å². The predicted octanol–water partition coefficient (Wildman–Crippen LogP) is 3.44. The maximum atomic E-state index is 4.26. The van der Waals surface area contributed by atoms with Gasteiger partial charge in [0.15, 0.2) is 0 Å². The van der Waals surface area contributed by atoms with E-state index in [1.165, 1.54) is 4.21 Å². The average molecular weight is 207 g/mol. The Hall–Kier alpha value is -0.800. The van der Waals surface area contributed by atoms with Crippen molar-refractivity contribution in [1.29, 1.82) is 0 Å². The van der Waals surface area contributed by atoms with Gasteiger partial charge in [0.1, 0.15) is 0 Å². The second-order valence-corrected chi connectivity index (χ2v) is 4.77. The van der Waals surface area contributed by atoms with Gasteiger partial charge < -0.3 is 0 Å². The number of hydrogen-bond acceptors (Lipinski definition) is 3. The van der Waals surface area contributed by atoms with E-state index in [9.17, 15) is 0 Å². The normalized spacial score (nSPS) is 10.2. The van der Waals surface area contributed by atoms with E-state index in [4.69, 9.17) is 0 Å². The van der Waals surface area contributed by atoms with Gasteiger partial charge >= 0.3 is 0 Å². The van der Waals surface area contributed by atoms with Crippen LogP contribution < -0.4 is 0 Å². The van der Waals surface area contributed by atoms with Crippen molar-refractivity contribution in [2.24, 2.45) is 0 Å². The zero-order valence-corrected chi connectivity index (χ0v) is 8.65. The molecule has 1 nitrogen and oxygen atoms in total. The second-order valence-electron chi connectivity index (χ2n) is 2.54. The minimum Gasteiger partial charge on any atom is -0.260 e. The van der Waals surface area contributed by atoms with Crippen molar-refractivity contribution in [3.05, 3.63) is 47.6 Å². The molecule has 0 unspecified atom stereocenters. The Morgan fingerprint density at radius 1 is 1.23 bits per heavy atom. The van der Waals surface area contributed by atoms with Crippen LogP contribution in [0, 0.1) is 0 Å². The zero-order valence-electron chi connectivity index (χ0n) is 7.01. The molecule has 2 rings (SSSR count). The lowest BCUT2D eigenvalue weighted by molar-refractivity contribution is 1.18. The summed E-state index contributed by atoms with van der Waals surface area (Å²) in [6, 6.07) is 10.2. The molecule has 0 saturated heterocycles. The van der Waals surface area contributed by atoms with Crippen LogP contribution in [0.1, 0.15) is 5.69 Å². The van der Waals surface area contributed by atoms with E-state index in [0.29, 0.717) is 0 Å². The molecule has 0 amide bonds. The molecule has 0 aliphatic carbocycles. The van der Waals surface area contributed by atoms with Gasteiger partial charge in [0.2, 0.25) is 0 Å². The lowest BCUT2D eigenvalue weighted by Crippen LogP contribution is -1.82. The van der Waals surface area contributed by atoms with Gasteiger partial charge in [0.25, 0.3) is 0 Å². The number of thioether (sulfide) groups is 1. The molecule has 0 saturated carbocycles. The van der Waals surface area contributed by atoms with Crippen LogP contribution in [-0.2, 0) is 5.75 Å². The maximum Gasteiger partial charge on any atom is 0.0602 e. The van der Waals surface area contributed by atoms with Crippen molar-refractivity contribution in [3.8, 4) is 0 Å². The van der Waals surface area contributed by atoms with E-state index in [0.717, 1.165) is 11.4 Å². The molecule has 0 bridgehead atoms. The minimum absolute atomic E-state index is 0.960. The highest BCUT2D eigenvalue weighted by Gasteiger charge is 1.96. The summed E-state index contributed by atoms with van der Waals surface area (Å²) in [6.45, 7) is 0. The van der Waals surface area contributed by atoms with Crippen molar-refractivity contribution in [2.75, 3.05) is 0 Å². The van der Waals surface area contributed by atoms with Crippen molar-refractivity contribution in [3.63, 3.8) is 0 Å². The molecule has 3 heteroatoms. The Balaban J connectivity index is 1.94. The van der Waals surface area contributed by atoms with Gasteiger partial charge in [-0.2, -0.15) is 0 Å². The molecule has 0 atom stereocenters. The first-order valence-electron chi connectivity index (χ1n) is 4.01. The summed E-state index contributed by atoms with van der Waals surface area (Å²) in [4.78, 5) is 4.26. The number of hydrogen-bond donors (Lipinski definition) is 0. The van der Waals surface area contributed by atoms with Crippen LogP contribution in [0.3, 0.4) is 0 Å². The van der Waals surface area contributed by atoms with Crippen molar-refractivity contribution in [1.82, 2.24) is 4.98 Å². The van der Waals surface area contributed by atoms with E-state index >= 15 is 0 Å². The molecule has 0 aliphatic heterocycles. The predicted molar refractivity (Wildman–Crippen MR) is 58.1 cm³/mol. The molecule has 2 aromatic rings. The quantitative estimate of drug-likeness (QED) is 0.715. The van der Waals surface area contributed by atoms with Gasteiger partial charge in [0, 0.05) is 11.9 Å². The minimum atomic E-state index is 0.960. The summed E-state index contributed by atoms with van der Waals surface area (Å²) >= 11 is 3.61. The molecular weight excluding hydrogens is 198 g/mol. The maximum absolute atomic E-state index is 4.26. The molecule has 66 valence electrons. The fourth-order valence-electron chi connectivity index (χ4n) is 0.974. The fraction of sp³-hybridized carbons (Fsp3) is 0.100. The molecule has 0 spiro atoms. The summed E-state index contributed by atoms with van der Waals surface area (Å²) in [7, 11) is 0. The first kappa shape index (κ1) is 8.78. The first-order valence-corrected chi connectivity index (χ1v) is 5.88. The van der Waals surface area contributed by atoms with Crippen molar-refractivity contribution >= 4 is 23.1 Å². The summed E-state index contributed by atoms with van der Waals surface area (Å²) in [6.07, 6.45) is 1.84. The average Bonchev–Trinajstić information content (AvgIpc) is 2.69. The van der Waals surface area contributed by atoms with Crippen molar-refractivity contribution < 1.29 is 0 Å².